The van der Waals surface area contributed by atoms with Gasteiger partial charge >= 0.3 is 0 Å². The van der Waals surface area contributed by atoms with Crippen molar-refractivity contribution in [1.29, 1.82) is 0 Å². The van der Waals surface area contributed by atoms with Gasteiger partial charge in [-0.2, -0.15) is 0 Å². The molecule has 0 amide bonds. The first kappa shape index (κ1) is 19.7. The highest BCUT2D eigenvalue weighted by molar-refractivity contribution is 5.85. The number of para-hydroxylation sites is 1. The first-order valence-electron chi connectivity index (χ1n) is 10.2. The maximum atomic E-state index is 6.15. The molecule has 0 fully saturated rings. The highest BCUT2D eigenvalue weighted by Gasteiger charge is 2.08. The van der Waals surface area contributed by atoms with Crippen LogP contribution in [-0.4, -0.2) is 12.8 Å². The Morgan fingerprint density at radius 2 is 1.60 bits per heavy atom. The zero-order chi connectivity index (χ0) is 20.8. The van der Waals surface area contributed by atoms with Gasteiger partial charge in [-0.15, -0.1) is 0 Å². The molecule has 0 radical (unpaired) electrons. The van der Waals surface area contributed by atoms with Gasteiger partial charge in [-0.25, -0.2) is 0 Å². The average Bonchev–Trinajstić information content (AvgIpc) is 2.78. The maximum Gasteiger partial charge on any atom is 0.161 e. The first-order valence-corrected chi connectivity index (χ1v) is 10.2. The van der Waals surface area contributed by atoms with Gasteiger partial charge in [0.15, 0.2) is 11.5 Å². The van der Waals surface area contributed by atoms with E-state index >= 15 is 0 Å². The molecule has 0 bridgehead atoms. The minimum absolute atomic E-state index is 0.484. The van der Waals surface area contributed by atoms with E-state index in [9.17, 15) is 0 Å². The molecular formula is C27H25NO2. The summed E-state index contributed by atoms with van der Waals surface area (Å²) < 4.78 is 12.0. The van der Waals surface area contributed by atoms with Crippen LogP contribution in [0.1, 0.15) is 23.6 Å². The zero-order valence-corrected chi connectivity index (χ0v) is 17.3. The molecule has 0 aromatic heterocycles. The third-order valence-corrected chi connectivity index (χ3v) is 5.00. The van der Waals surface area contributed by atoms with Gasteiger partial charge in [0.05, 0.1) is 12.3 Å². The lowest BCUT2D eigenvalue weighted by Gasteiger charge is -2.14. The Labute approximate surface area is 177 Å². The number of benzene rings is 4. The van der Waals surface area contributed by atoms with Crippen molar-refractivity contribution in [3.8, 4) is 11.5 Å². The van der Waals surface area contributed by atoms with Crippen LogP contribution in [0.4, 0.5) is 5.69 Å². The fraction of sp³-hybridized carbons (Fsp3) is 0.148. The van der Waals surface area contributed by atoms with Crippen LogP contribution in [0.3, 0.4) is 0 Å². The number of fused-ring (bicyclic) bond motifs is 1. The predicted octanol–water partition coefficient (Wildman–Crippen LogP) is 6.88. The molecule has 4 aromatic rings. The summed E-state index contributed by atoms with van der Waals surface area (Å²) in [7, 11) is 0. The molecule has 0 aliphatic heterocycles. The lowest BCUT2D eigenvalue weighted by atomic mass is 10.1. The van der Waals surface area contributed by atoms with E-state index < -0.39 is 0 Å². The van der Waals surface area contributed by atoms with E-state index in [2.05, 4.69) is 60.4 Å². The van der Waals surface area contributed by atoms with E-state index in [1.807, 2.05) is 49.5 Å². The molecule has 0 spiro atoms. The third kappa shape index (κ3) is 4.52. The molecule has 30 heavy (non-hydrogen) atoms. The van der Waals surface area contributed by atoms with Gasteiger partial charge in [-0.3, -0.25) is 4.99 Å². The van der Waals surface area contributed by atoms with Crippen LogP contribution in [0, 0.1) is 6.92 Å². The highest BCUT2D eigenvalue weighted by Crippen LogP contribution is 2.30. The van der Waals surface area contributed by atoms with E-state index in [1.165, 1.54) is 10.8 Å². The number of aliphatic imine (C=N–C) groups is 1. The molecular weight excluding hydrogens is 370 g/mol. The second-order valence-corrected chi connectivity index (χ2v) is 7.11. The summed E-state index contributed by atoms with van der Waals surface area (Å²) in [6, 6.07) is 28.7. The lowest BCUT2D eigenvalue weighted by Crippen LogP contribution is -2.01. The average molecular weight is 396 g/mol. The third-order valence-electron chi connectivity index (χ3n) is 5.00. The molecule has 3 heteroatoms. The summed E-state index contributed by atoms with van der Waals surface area (Å²) in [5.41, 5.74) is 4.24. The van der Waals surface area contributed by atoms with Gasteiger partial charge in [-0.05, 0) is 65.6 Å². The van der Waals surface area contributed by atoms with Gasteiger partial charge in [-0.1, -0.05) is 60.7 Å². The smallest absolute Gasteiger partial charge is 0.161 e. The largest absolute Gasteiger partial charge is 0.490 e. The quantitative estimate of drug-likeness (QED) is 0.319. The van der Waals surface area contributed by atoms with Gasteiger partial charge in [0.25, 0.3) is 0 Å². The Balaban J connectivity index is 1.55. The summed E-state index contributed by atoms with van der Waals surface area (Å²) in [4.78, 5) is 4.61. The second kappa shape index (κ2) is 9.27. The van der Waals surface area contributed by atoms with Gasteiger partial charge < -0.3 is 9.47 Å². The molecule has 0 saturated carbocycles. The molecule has 0 atom stereocenters. The van der Waals surface area contributed by atoms with Crippen LogP contribution in [0.2, 0.25) is 0 Å². The molecule has 0 heterocycles. The van der Waals surface area contributed by atoms with E-state index in [-0.39, 0.29) is 0 Å². The van der Waals surface area contributed by atoms with Crippen molar-refractivity contribution in [3.05, 3.63) is 102 Å². The minimum Gasteiger partial charge on any atom is -0.490 e. The maximum absolute atomic E-state index is 6.15. The molecule has 0 N–H and O–H groups in total. The number of hydrogen-bond donors (Lipinski definition) is 0. The van der Waals surface area contributed by atoms with Crippen molar-refractivity contribution in [1.82, 2.24) is 0 Å². The summed E-state index contributed by atoms with van der Waals surface area (Å²) in [6.45, 7) is 5.09. The van der Waals surface area contributed by atoms with Crippen molar-refractivity contribution in [2.24, 2.45) is 4.99 Å². The van der Waals surface area contributed by atoms with Crippen molar-refractivity contribution in [2.45, 2.75) is 20.5 Å². The number of ether oxygens (including phenoxy) is 2. The number of nitrogens with zero attached hydrogens (tertiary/aromatic N) is 1. The molecule has 0 aliphatic rings. The molecule has 150 valence electrons. The summed E-state index contributed by atoms with van der Waals surface area (Å²) in [5.74, 6) is 1.46. The first-order chi connectivity index (χ1) is 14.7. The molecule has 4 rings (SSSR count). The van der Waals surface area contributed by atoms with Gasteiger partial charge in [0.1, 0.15) is 6.61 Å². The van der Waals surface area contributed by atoms with Crippen LogP contribution >= 0.6 is 0 Å². The van der Waals surface area contributed by atoms with Crippen molar-refractivity contribution >= 4 is 22.7 Å². The van der Waals surface area contributed by atoms with Gasteiger partial charge in [0, 0.05) is 6.21 Å². The highest BCUT2D eigenvalue weighted by atomic mass is 16.5. The Kier molecular flexibility index (Phi) is 6.09. The number of rotatable bonds is 7. The molecule has 0 unspecified atom stereocenters. The van der Waals surface area contributed by atoms with Crippen molar-refractivity contribution in [2.75, 3.05) is 6.61 Å². The van der Waals surface area contributed by atoms with E-state index in [0.717, 1.165) is 33.9 Å². The van der Waals surface area contributed by atoms with Crippen LogP contribution in [0.5, 0.6) is 11.5 Å². The Hall–Kier alpha value is -3.59. The lowest BCUT2D eigenvalue weighted by molar-refractivity contribution is 0.270. The van der Waals surface area contributed by atoms with E-state index in [4.69, 9.17) is 9.47 Å². The molecule has 0 aliphatic carbocycles. The van der Waals surface area contributed by atoms with E-state index in [1.54, 1.807) is 0 Å². The summed E-state index contributed by atoms with van der Waals surface area (Å²) in [5, 5.41) is 2.42. The molecule has 4 aromatic carbocycles. The van der Waals surface area contributed by atoms with Crippen LogP contribution in [0.15, 0.2) is 89.9 Å². The van der Waals surface area contributed by atoms with Crippen molar-refractivity contribution in [3.63, 3.8) is 0 Å². The topological polar surface area (TPSA) is 30.8 Å². The monoisotopic (exact) mass is 395 g/mol. The normalized spacial score (nSPS) is 11.1. The summed E-state index contributed by atoms with van der Waals surface area (Å²) in [6.07, 6.45) is 1.86. The van der Waals surface area contributed by atoms with Crippen LogP contribution < -0.4 is 9.47 Å². The van der Waals surface area contributed by atoms with Gasteiger partial charge in [0.2, 0.25) is 0 Å². The zero-order valence-electron chi connectivity index (χ0n) is 17.3. The summed E-state index contributed by atoms with van der Waals surface area (Å²) >= 11 is 0. The Morgan fingerprint density at radius 3 is 2.47 bits per heavy atom. The van der Waals surface area contributed by atoms with E-state index in [0.29, 0.717) is 13.2 Å². The fourth-order valence-corrected chi connectivity index (χ4v) is 3.42. The van der Waals surface area contributed by atoms with Crippen LogP contribution in [0.25, 0.3) is 10.8 Å². The standard InChI is InChI=1S/C27H25NO2/c1-3-29-27-17-21(18-28-25-14-7-4-9-20(25)2)15-16-26(27)30-19-23-12-8-11-22-10-5-6-13-24(22)23/h4-18H,3,19H2,1-2H3. The van der Waals surface area contributed by atoms with Crippen LogP contribution in [-0.2, 0) is 6.61 Å². The minimum atomic E-state index is 0.484. The second-order valence-electron chi connectivity index (χ2n) is 7.11. The fourth-order valence-electron chi connectivity index (χ4n) is 3.42. The molecule has 3 nitrogen and oxygen atoms in total. The Morgan fingerprint density at radius 1 is 0.800 bits per heavy atom. The Bertz CT molecular complexity index is 1180. The number of hydrogen-bond acceptors (Lipinski definition) is 3. The SMILES string of the molecule is CCOc1cc(C=Nc2ccccc2C)ccc1OCc1cccc2ccccc12. The number of aryl methyl sites for hydroxylation is 1. The predicted molar refractivity (Wildman–Crippen MR) is 124 cm³/mol. The van der Waals surface area contributed by atoms with Crippen molar-refractivity contribution < 1.29 is 9.47 Å². The molecule has 0 saturated heterocycles.